The number of ether oxygens (including phenoxy) is 1. The first-order chi connectivity index (χ1) is 15.5. The van der Waals surface area contributed by atoms with Crippen LogP contribution in [-0.2, 0) is 20.9 Å². The lowest BCUT2D eigenvalue weighted by Gasteiger charge is -2.30. The van der Waals surface area contributed by atoms with Crippen molar-refractivity contribution in [2.24, 2.45) is 5.84 Å². The average molecular weight is 476 g/mol. The van der Waals surface area contributed by atoms with Crippen molar-refractivity contribution < 1.29 is 13.2 Å². The summed E-state index contributed by atoms with van der Waals surface area (Å²) in [5, 5.41) is 0. The van der Waals surface area contributed by atoms with E-state index in [0.29, 0.717) is 25.3 Å². The van der Waals surface area contributed by atoms with Crippen LogP contribution < -0.4 is 20.7 Å². The van der Waals surface area contributed by atoms with Gasteiger partial charge in [0.2, 0.25) is 10.0 Å². The summed E-state index contributed by atoms with van der Waals surface area (Å²) in [4.78, 5) is 0.222. The Morgan fingerprint density at radius 3 is 2.12 bits per heavy atom. The third-order valence-electron chi connectivity index (χ3n) is 6.71. The highest BCUT2D eigenvalue weighted by Crippen LogP contribution is 2.38. The molecule has 0 aliphatic carbocycles. The van der Waals surface area contributed by atoms with Gasteiger partial charge in [-0.15, -0.1) is 0 Å². The fraction of sp³-hybridized carbons (Fsp3) is 0.538. The summed E-state index contributed by atoms with van der Waals surface area (Å²) in [5.74, 6) is 6.25. The molecule has 2 aromatic rings. The zero-order valence-corrected chi connectivity index (χ0v) is 21.8. The van der Waals surface area contributed by atoms with E-state index < -0.39 is 10.0 Å². The Balaban J connectivity index is 1.94. The van der Waals surface area contributed by atoms with E-state index in [2.05, 4.69) is 69.9 Å². The van der Waals surface area contributed by atoms with Crippen molar-refractivity contribution in [1.29, 1.82) is 0 Å². The maximum atomic E-state index is 12.4. The first kappa shape index (κ1) is 27.2. The summed E-state index contributed by atoms with van der Waals surface area (Å²) >= 11 is 0. The predicted octanol–water partition coefficient (Wildman–Crippen LogP) is 5.48. The molecule has 6 nitrogen and oxygen atoms in total. The third-order valence-corrected chi connectivity index (χ3v) is 8.19. The smallest absolute Gasteiger partial charge is 0.240 e. The van der Waals surface area contributed by atoms with Crippen LogP contribution in [0.25, 0.3) is 0 Å². The van der Waals surface area contributed by atoms with Crippen LogP contribution in [0.3, 0.4) is 0 Å². The number of unbranched alkanes of at least 4 members (excludes halogenated alkanes) is 1. The Hall–Kier alpha value is -2.09. The van der Waals surface area contributed by atoms with Gasteiger partial charge in [-0.3, -0.25) is 5.84 Å². The van der Waals surface area contributed by atoms with Crippen LogP contribution in [0.15, 0.2) is 47.4 Å². The van der Waals surface area contributed by atoms with E-state index in [1.807, 2.05) is 0 Å². The molecule has 0 spiro atoms. The molecule has 0 fully saturated rings. The molecule has 0 unspecified atom stereocenters. The quantitative estimate of drug-likeness (QED) is 0.202. The van der Waals surface area contributed by atoms with E-state index in [4.69, 9.17) is 10.6 Å². The Kier molecular flexibility index (Phi) is 9.35. The first-order valence-electron chi connectivity index (χ1n) is 11.8. The Morgan fingerprint density at radius 2 is 1.55 bits per heavy atom. The van der Waals surface area contributed by atoms with Gasteiger partial charge in [-0.05, 0) is 72.4 Å². The molecule has 0 saturated carbocycles. The van der Waals surface area contributed by atoms with Crippen LogP contribution in [0, 0.1) is 0 Å². The summed E-state index contributed by atoms with van der Waals surface area (Å²) in [6.07, 6.45) is 3.54. The van der Waals surface area contributed by atoms with Crippen molar-refractivity contribution in [3.63, 3.8) is 0 Å². The second-order valence-corrected chi connectivity index (χ2v) is 11.6. The second-order valence-electron chi connectivity index (χ2n) is 9.81. The van der Waals surface area contributed by atoms with Gasteiger partial charge < -0.3 is 10.2 Å². The number of anilines is 1. The maximum absolute atomic E-state index is 12.4. The van der Waals surface area contributed by atoms with E-state index in [9.17, 15) is 8.42 Å². The van der Waals surface area contributed by atoms with Crippen LogP contribution >= 0.6 is 0 Å². The van der Waals surface area contributed by atoms with Gasteiger partial charge in [0.25, 0.3) is 0 Å². The molecular weight excluding hydrogens is 434 g/mol. The molecule has 0 amide bonds. The number of rotatable bonds is 13. The SMILES string of the molecule is CCC(C)(C)c1ccc(OCCCCNS(=O)(=O)c2ccc(NN)cc2)c(C(C)(C)CC)c1. The van der Waals surface area contributed by atoms with Gasteiger partial charge in [-0.25, -0.2) is 13.1 Å². The molecule has 2 rings (SSSR count). The molecule has 33 heavy (non-hydrogen) atoms. The zero-order valence-electron chi connectivity index (χ0n) is 21.0. The van der Waals surface area contributed by atoms with Gasteiger partial charge in [0.1, 0.15) is 5.75 Å². The van der Waals surface area contributed by atoms with Crippen molar-refractivity contribution in [2.75, 3.05) is 18.6 Å². The van der Waals surface area contributed by atoms with E-state index >= 15 is 0 Å². The summed E-state index contributed by atoms with van der Waals surface area (Å²) < 4.78 is 33.7. The highest BCUT2D eigenvalue weighted by Gasteiger charge is 2.26. The molecule has 7 heteroatoms. The Morgan fingerprint density at radius 1 is 0.909 bits per heavy atom. The molecular formula is C26H41N3O3S. The summed E-state index contributed by atoms with van der Waals surface area (Å²) in [5.41, 5.74) is 5.84. The molecule has 0 bridgehead atoms. The second kappa shape index (κ2) is 11.4. The zero-order chi connectivity index (χ0) is 24.7. The summed E-state index contributed by atoms with van der Waals surface area (Å²) in [6.45, 7) is 14.4. The lowest BCUT2D eigenvalue weighted by atomic mass is 9.76. The van der Waals surface area contributed by atoms with E-state index in [0.717, 1.165) is 25.0 Å². The van der Waals surface area contributed by atoms with Gasteiger partial charge in [-0.1, -0.05) is 53.7 Å². The van der Waals surface area contributed by atoms with Gasteiger partial charge in [-0.2, -0.15) is 0 Å². The lowest BCUT2D eigenvalue weighted by molar-refractivity contribution is 0.296. The summed E-state index contributed by atoms with van der Waals surface area (Å²) in [6, 6.07) is 12.9. The van der Waals surface area contributed by atoms with Gasteiger partial charge in [0.15, 0.2) is 0 Å². The number of hydrogen-bond acceptors (Lipinski definition) is 5. The van der Waals surface area contributed by atoms with E-state index in [1.165, 1.54) is 23.3 Å². The normalized spacial score (nSPS) is 12.6. The molecule has 4 N–H and O–H groups in total. The molecule has 2 aromatic carbocycles. The molecule has 0 aliphatic heterocycles. The first-order valence-corrected chi connectivity index (χ1v) is 13.3. The minimum atomic E-state index is -3.53. The van der Waals surface area contributed by atoms with E-state index in [-0.39, 0.29) is 15.7 Å². The highest BCUT2D eigenvalue weighted by atomic mass is 32.2. The van der Waals surface area contributed by atoms with Crippen LogP contribution in [0.2, 0.25) is 0 Å². The number of nitrogens with one attached hydrogen (secondary N) is 2. The van der Waals surface area contributed by atoms with Crippen molar-refractivity contribution in [2.45, 2.75) is 83.0 Å². The van der Waals surface area contributed by atoms with Gasteiger partial charge >= 0.3 is 0 Å². The number of sulfonamides is 1. The van der Waals surface area contributed by atoms with Crippen LogP contribution in [-0.4, -0.2) is 21.6 Å². The van der Waals surface area contributed by atoms with Gasteiger partial charge in [0.05, 0.1) is 11.5 Å². The maximum Gasteiger partial charge on any atom is 0.240 e. The Labute approximate surface area is 200 Å². The van der Waals surface area contributed by atoms with Crippen LogP contribution in [0.5, 0.6) is 5.75 Å². The number of hydrazine groups is 1. The molecule has 0 radical (unpaired) electrons. The van der Waals surface area contributed by atoms with Gasteiger partial charge in [0, 0.05) is 17.8 Å². The van der Waals surface area contributed by atoms with Crippen molar-refractivity contribution >= 4 is 15.7 Å². The van der Waals surface area contributed by atoms with Crippen LogP contribution in [0.1, 0.15) is 78.4 Å². The third kappa shape index (κ3) is 7.19. The van der Waals surface area contributed by atoms with Crippen molar-refractivity contribution in [1.82, 2.24) is 4.72 Å². The number of nitrogens with two attached hydrogens (primary N) is 1. The fourth-order valence-electron chi connectivity index (χ4n) is 3.43. The molecule has 0 heterocycles. The average Bonchev–Trinajstić information content (AvgIpc) is 2.81. The number of hydrogen-bond donors (Lipinski definition) is 3. The monoisotopic (exact) mass is 475 g/mol. The van der Waals surface area contributed by atoms with E-state index in [1.54, 1.807) is 12.1 Å². The van der Waals surface area contributed by atoms with Crippen molar-refractivity contribution in [3.8, 4) is 5.75 Å². The largest absolute Gasteiger partial charge is 0.493 e. The minimum Gasteiger partial charge on any atom is -0.493 e. The number of benzene rings is 2. The Bertz CT molecular complexity index is 1000. The summed E-state index contributed by atoms with van der Waals surface area (Å²) in [7, 11) is -3.53. The molecule has 0 aliphatic rings. The fourth-order valence-corrected chi connectivity index (χ4v) is 4.50. The molecule has 0 aromatic heterocycles. The van der Waals surface area contributed by atoms with Crippen molar-refractivity contribution in [3.05, 3.63) is 53.6 Å². The van der Waals surface area contributed by atoms with Crippen LogP contribution in [0.4, 0.5) is 5.69 Å². The highest BCUT2D eigenvalue weighted by molar-refractivity contribution is 7.89. The molecule has 0 saturated heterocycles. The molecule has 184 valence electrons. The predicted molar refractivity (Wildman–Crippen MR) is 137 cm³/mol. The number of nitrogen functional groups attached to an aromatic ring is 1. The molecule has 0 atom stereocenters. The minimum absolute atomic E-state index is 0.0137. The lowest BCUT2D eigenvalue weighted by Crippen LogP contribution is -2.25. The topological polar surface area (TPSA) is 93.4 Å². The standard InChI is InChI=1S/C26H41N3O3S/c1-7-25(3,4)20-11-16-24(23(19-20)26(5,6)8-2)32-18-10-9-17-28-33(30,31)22-14-12-21(29-27)13-15-22/h11-16,19,28-29H,7-10,17-18,27H2,1-6H3.